The number of quaternary nitrogens is 1. The van der Waals surface area contributed by atoms with Crippen molar-refractivity contribution in [3.8, 4) is 0 Å². The molecule has 22 heavy (non-hydrogen) atoms. The average Bonchev–Trinajstić information content (AvgIpc) is 2.44. The summed E-state index contributed by atoms with van der Waals surface area (Å²) in [6.45, 7) is 9.96. The van der Waals surface area contributed by atoms with Gasteiger partial charge in [0.2, 0.25) is 0 Å². The number of hydrogen-bond acceptors (Lipinski definition) is 2. The van der Waals surface area contributed by atoms with E-state index in [9.17, 15) is 9.59 Å². The van der Waals surface area contributed by atoms with Crippen LogP contribution >= 0.6 is 0 Å². The summed E-state index contributed by atoms with van der Waals surface area (Å²) < 4.78 is 0. The van der Waals surface area contributed by atoms with E-state index >= 15 is 0 Å². The van der Waals surface area contributed by atoms with Gasteiger partial charge in [0.25, 0.3) is 11.8 Å². The zero-order valence-electron chi connectivity index (χ0n) is 14.3. The lowest BCUT2D eigenvalue weighted by Crippen LogP contribution is -3.11. The Morgan fingerprint density at radius 3 is 2.36 bits per heavy atom. The second kappa shape index (κ2) is 8.54. The lowest BCUT2D eigenvalue weighted by atomic mass is 10.1. The molecule has 1 rings (SSSR count). The Hall–Kier alpha value is -1.88. The van der Waals surface area contributed by atoms with Gasteiger partial charge < -0.3 is 15.1 Å². The van der Waals surface area contributed by atoms with Crippen LogP contribution < -0.4 is 10.2 Å². The van der Waals surface area contributed by atoms with Crippen molar-refractivity contribution in [1.82, 2.24) is 4.90 Å². The number of anilines is 1. The van der Waals surface area contributed by atoms with Gasteiger partial charge in [0.1, 0.15) is 0 Å². The Labute approximate surface area is 133 Å². The lowest BCUT2D eigenvalue weighted by molar-refractivity contribution is -0.862. The zero-order chi connectivity index (χ0) is 16.7. The molecule has 0 radical (unpaired) electrons. The first-order chi connectivity index (χ1) is 10.4. The average molecular weight is 306 g/mol. The van der Waals surface area contributed by atoms with Gasteiger partial charge in [0.05, 0.1) is 7.05 Å². The van der Waals surface area contributed by atoms with E-state index in [4.69, 9.17) is 0 Å². The predicted molar refractivity (Wildman–Crippen MR) is 89.1 cm³/mol. The third-order valence-corrected chi connectivity index (χ3v) is 3.91. The molecule has 0 aromatic heterocycles. The molecule has 122 valence electrons. The highest BCUT2D eigenvalue weighted by Crippen LogP contribution is 2.17. The molecular weight excluding hydrogens is 278 g/mol. The Balaban J connectivity index is 2.54. The van der Waals surface area contributed by atoms with E-state index in [-0.39, 0.29) is 18.4 Å². The Morgan fingerprint density at radius 1 is 1.14 bits per heavy atom. The Morgan fingerprint density at radius 2 is 1.77 bits per heavy atom. The number of nitrogens with one attached hydrogen (secondary N) is 2. The van der Waals surface area contributed by atoms with E-state index in [2.05, 4.69) is 5.32 Å². The molecule has 0 heterocycles. The van der Waals surface area contributed by atoms with Crippen molar-refractivity contribution in [2.24, 2.45) is 0 Å². The second-order valence-corrected chi connectivity index (χ2v) is 5.67. The van der Waals surface area contributed by atoms with Gasteiger partial charge in [-0.25, -0.2) is 0 Å². The molecule has 0 aliphatic carbocycles. The molecule has 0 saturated carbocycles. The first kappa shape index (κ1) is 18.2. The number of aryl methyl sites for hydroxylation is 1. The lowest BCUT2D eigenvalue weighted by Gasteiger charge is -2.21. The van der Waals surface area contributed by atoms with Gasteiger partial charge in [0, 0.05) is 18.8 Å². The molecule has 2 amide bonds. The summed E-state index contributed by atoms with van der Waals surface area (Å²) in [4.78, 5) is 26.8. The van der Waals surface area contributed by atoms with Gasteiger partial charge in [0.15, 0.2) is 13.1 Å². The number of hydrogen-bond donors (Lipinski definition) is 2. The van der Waals surface area contributed by atoms with Crippen LogP contribution in [0.1, 0.15) is 25.0 Å². The summed E-state index contributed by atoms with van der Waals surface area (Å²) in [7, 11) is 1.87. The molecular formula is C17H28N3O2+. The van der Waals surface area contributed by atoms with Gasteiger partial charge in [-0.05, 0) is 44.9 Å². The van der Waals surface area contributed by atoms with E-state index in [1.165, 1.54) is 0 Å². The van der Waals surface area contributed by atoms with Gasteiger partial charge in [-0.2, -0.15) is 0 Å². The highest BCUT2D eigenvalue weighted by molar-refractivity contribution is 5.92. The Bertz CT molecular complexity index is 525. The smallest absolute Gasteiger partial charge is 0.279 e. The summed E-state index contributed by atoms with van der Waals surface area (Å²) in [6, 6.07) is 5.85. The van der Waals surface area contributed by atoms with Crippen molar-refractivity contribution in [2.45, 2.75) is 27.7 Å². The summed E-state index contributed by atoms with van der Waals surface area (Å²) >= 11 is 0. The molecule has 0 aliphatic heterocycles. The first-order valence-electron chi connectivity index (χ1n) is 7.84. The molecule has 5 nitrogen and oxygen atoms in total. The van der Waals surface area contributed by atoms with Crippen molar-refractivity contribution >= 4 is 17.5 Å². The van der Waals surface area contributed by atoms with Crippen molar-refractivity contribution in [2.75, 3.05) is 38.5 Å². The van der Waals surface area contributed by atoms with Crippen molar-refractivity contribution < 1.29 is 14.5 Å². The molecule has 0 aliphatic rings. The number of amides is 2. The van der Waals surface area contributed by atoms with Gasteiger partial charge in [-0.15, -0.1) is 0 Å². The maximum atomic E-state index is 12.1. The molecule has 5 heteroatoms. The van der Waals surface area contributed by atoms with Crippen molar-refractivity contribution in [3.63, 3.8) is 0 Å². The van der Waals surface area contributed by atoms with E-state index in [1.54, 1.807) is 4.90 Å². The molecule has 0 bridgehead atoms. The van der Waals surface area contributed by atoms with Crippen LogP contribution in [0.4, 0.5) is 5.69 Å². The molecule has 1 atom stereocenters. The van der Waals surface area contributed by atoms with Gasteiger partial charge in [-0.1, -0.05) is 12.1 Å². The van der Waals surface area contributed by atoms with Crippen molar-refractivity contribution in [3.05, 3.63) is 29.3 Å². The summed E-state index contributed by atoms with van der Waals surface area (Å²) in [5.41, 5.74) is 3.07. The maximum absolute atomic E-state index is 12.1. The quantitative estimate of drug-likeness (QED) is 0.776. The molecule has 0 spiro atoms. The predicted octanol–water partition coefficient (Wildman–Crippen LogP) is 0.625. The molecule has 1 unspecified atom stereocenters. The minimum atomic E-state index is -0.0708. The van der Waals surface area contributed by atoms with Gasteiger partial charge in [-0.3, -0.25) is 9.59 Å². The topological polar surface area (TPSA) is 53.9 Å². The normalized spacial score (nSPS) is 11.9. The van der Waals surface area contributed by atoms with Crippen LogP contribution in [-0.4, -0.2) is 49.9 Å². The maximum Gasteiger partial charge on any atom is 0.279 e. The van der Waals surface area contributed by atoms with E-state index in [0.717, 1.165) is 21.7 Å². The van der Waals surface area contributed by atoms with Crippen molar-refractivity contribution in [1.29, 1.82) is 0 Å². The number of nitrogens with zero attached hydrogens (tertiary/aromatic N) is 1. The third-order valence-electron chi connectivity index (χ3n) is 3.91. The van der Waals surface area contributed by atoms with Gasteiger partial charge >= 0.3 is 0 Å². The summed E-state index contributed by atoms with van der Waals surface area (Å²) in [5.74, 6) is 0.0144. The van der Waals surface area contributed by atoms with Crippen LogP contribution in [-0.2, 0) is 9.59 Å². The van der Waals surface area contributed by atoms with Crippen LogP contribution in [0.3, 0.4) is 0 Å². The highest BCUT2D eigenvalue weighted by atomic mass is 16.2. The monoisotopic (exact) mass is 306 g/mol. The highest BCUT2D eigenvalue weighted by Gasteiger charge is 2.18. The number of likely N-dealkylation sites (N-methyl/N-ethyl adjacent to an activating group) is 2. The molecule has 0 saturated heterocycles. The van der Waals surface area contributed by atoms with E-state index < -0.39 is 0 Å². The number of carbonyl (C=O) groups is 2. The summed E-state index contributed by atoms with van der Waals surface area (Å²) in [6.07, 6.45) is 0. The van der Waals surface area contributed by atoms with Crippen LogP contribution in [0.25, 0.3) is 0 Å². The van der Waals surface area contributed by atoms with Crippen LogP contribution in [0.2, 0.25) is 0 Å². The molecule has 2 N–H and O–H groups in total. The minimum absolute atomic E-state index is 0.0708. The Kier molecular flexibility index (Phi) is 7.05. The van der Waals surface area contributed by atoms with Crippen LogP contribution in [0.5, 0.6) is 0 Å². The number of rotatable bonds is 7. The fourth-order valence-corrected chi connectivity index (χ4v) is 2.36. The third kappa shape index (κ3) is 5.15. The van der Waals surface area contributed by atoms with Crippen LogP contribution in [0, 0.1) is 13.8 Å². The van der Waals surface area contributed by atoms with E-state index in [1.807, 2.05) is 52.9 Å². The van der Waals surface area contributed by atoms with Crippen LogP contribution in [0.15, 0.2) is 18.2 Å². The standard InChI is InChI=1S/C17H27N3O2/c1-6-20(7-2)17(22)12-19(5)11-16(21)18-15-10-8-9-13(3)14(15)4/h8-10H,6-7,11-12H2,1-5H3,(H,18,21)/p+1. The summed E-state index contributed by atoms with van der Waals surface area (Å²) in [5, 5.41) is 2.93. The number of carbonyl (C=O) groups excluding carboxylic acids is 2. The largest absolute Gasteiger partial charge is 0.338 e. The zero-order valence-corrected chi connectivity index (χ0v) is 14.3. The molecule has 1 aromatic carbocycles. The fraction of sp³-hybridized carbons (Fsp3) is 0.529. The number of benzene rings is 1. The first-order valence-corrected chi connectivity index (χ1v) is 7.84. The molecule has 0 fully saturated rings. The minimum Gasteiger partial charge on any atom is -0.338 e. The SMILES string of the molecule is CCN(CC)C(=O)C[NH+](C)CC(=O)Nc1cccc(C)c1C. The van der Waals surface area contributed by atoms with E-state index in [0.29, 0.717) is 19.6 Å². The molecule has 1 aromatic rings. The second-order valence-electron chi connectivity index (χ2n) is 5.67. The fourth-order valence-electron chi connectivity index (χ4n) is 2.36.